The predicted molar refractivity (Wildman–Crippen MR) is 126 cm³/mol. The lowest BCUT2D eigenvalue weighted by Gasteiger charge is -2.35. The highest BCUT2D eigenvalue weighted by atomic mass is 19.1. The van der Waals surface area contributed by atoms with Crippen LogP contribution in [0.1, 0.15) is 48.5 Å². The Balaban J connectivity index is 1.42. The van der Waals surface area contributed by atoms with Crippen LogP contribution in [0, 0.1) is 11.7 Å². The summed E-state index contributed by atoms with van der Waals surface area (Å²) in [6.45, 7) is 5.10. The summed E-state index contributed by atoms with van der Waals surface area (Å²) in [5.74, 6) is 0.262. The number of hydrogen-bond acceptors (Lipinski definition) is 3. The van der Waals surface area contributed by atoms with Crippen LogP contribution in [-0.4, -0.2) is 47.9 Å². The number of fused-ring (bicyclic) bond motifs is 1. The number of aromatic nitrogens is 1. The zero-order valence-electron chi connectivity index (χ0n) is 19.2. The normalized spacial score (nSPS) is 15.6. The van der Waals surface area contributed by atoms with Crippen molar-refractivity contribution in [3.05, 3.63) is 65.6 Å². The first-order valence-corrected chi connectivity index (χ1v) is 11.4. The molecule has 1 fully saturated rings. The number of halogens is 1. The Hall–Kier alpha value is -3.35. The highest BCUT2D eigenvalue weighted by molar-refractivity contribution is 5.97. The Morgan fingerprint density at radius 3 is 2.45 bits per heavy atom. The molecule has 0 aliphatic carbocycles. The first kappa shape index (κ1) is 22.8. The van der Waals surface area contributed by atoms with Gasteiger partial charge in [0.15, 0.2) is 0 Å². The minimum Gasteiger partial charge on any atom is -0.497 e. The number of hydrogen-bond donors (Lipinski definition) is 2. The summed E-state index contributed by atoms with van der Waals surface area (Å²) < 4.78 is 18.5. The molecule has 0 bridgehead atoms. The smallest absolute Gasteiger partial charge is 0.251 e. The van der Waals surface area contributed by atoms with Crippen LogP contribution in [0.5, 0.6) is 5.75 Å². The van der Waals surface area contributed by atoms with Gasteiger partial charge in [-0.05, 0) is 72.7 Å². The molecular weight excluding hydrogens is 421 g/mol. The predicted octanol–water partition coefficient (Wildman–Crippen LogP) is 4.48. The second-order valence-electron chi connectivity index (χ2n) is 8.96. The van der Waals surface area contributed by atoms with Crippen molar-refractivity contribution in [1.29, 1.82) is 0 Å². The van der Waals surface area contributed by atoms with Crippen molar-refractivity contribution in [2.75, 3.05) is 20.2 Å². The summed E-state index contributed by atoms with van der Waals surface area (Å²) in [7, 11) is 1.66. The average molecular weight is 452 g/mol. The Morgan fingerprint density at radius 2 is 1.82 bits per heavy atom. The molecule has 0 radical (unpaired) electrons. The van der Waals surface area contributed by atoms with Gasteiger partial charge in [0.05, 0.1) is 7.11 Å². The summed E-state index contributed by atoms with van der Waals surface area (Å²) in [5, 5.41) is 4.01. The Bertz CT molecular complexity index is 1130. The highest BCUT2D eigenvalue weighted by Crippen LogP contribution is 2.35. The fraction of sp³-hybridized carbons (Fsp3) is 0.385. The number of aromatic amines is 1. The summed E-state index contributed by atoms with van der Waals surface area (Å²) in [6.07, 6.45) is 3.77. The zero-order valence-corrected chi connectivity index (χ0v) is 19.2. The van der Waals surface area contributed by atoms with Crippen LogP contribution in [0.2, 0.25) is 0 Å². The van der Waals surface area contributed by atoms with E-state index in [4.69, 9.17) is 4.74 Å². The molecule has 3 aromatic rings. The van der Waals surface area contributed by atoms with Crippen molar-refractivity contribution in [3.63, 3.8) is 0 Å². The molecule has 0 spiro atoms. The van der Waals surface area contributed by atoms with Gasteiger partial charge in [-0.15, -0.1) is 0 Å². The van der Waals surface area contributed by atoms with Crippen molar-refractivity contribution in [2.24, 2.45) is 5.92 Å². The number of rotatable bonds is 6. The summed E-state index contributed by atoms with van der Waals surface area (Å²) in [5.41, 5.74) is 2.66. The van der Waals surface area contributed by atoms with Crippen LogP contribution >= 0.6 is 0 Å². The molecule has 6 nitrogen and oxygen atoms in total. The van der Waals surface area contributed by atoms with Gasteiger partial charge in [-0.2, -0.15) is 0 Å². The van der Waals surface area contributed by atoms with Crippen molar-refractivity contribution >= 4 is 22.7 Å². The van der Waals surface area contributed by atoms with Crippen LogP contribution in [0.3, 0.4) is 0 Å². The van der Waals surface area contributed by atoms with E-state index >= 15 is 0 Å². The van der Waals surface area contributed by atoms with Crippen molar-refractivity contribution < 1.29 is 18.7 Å². The number of benzene rings is 2. The monoisotopic (exact) mass is 451 g/mol. The lowest BCUT2D eigenvalue weighted by atomic mass is 9.88. The molecule has 2 N–H and O–H groups in total. The second kappa shape index (κ2) is 9.65. The summed E-state index contributed by atoms with van der Waals surface area (Å²) in [4.78, 5) is 31.1. The van der Waals surface area contributed by atoms with Gasteiger partial charge in [-0.3, -0.25) is 9.59 Å². The fourth-order valence-electron chi connectivity index (χ4n) is 4.53. The molecule has 174 valence electrons. The van der Waals surface area contributed by atoms with Gasteiger partial charge >= 0.3 is 0 Å². The molecule has 0 saturated carbocycles. The third-order valence-corrected chi connectivity index (χ3v) is 6.49. The number of nitrogens with one attached hydrogen (secondary N) is 2. The molecule has 33 heavy (non-hydrogen) atoms. The van der Waals surface area contributed by atoms with E-state index in [9.17, 15) is 14.0 Å². The molecule has 2 amide bonds. The van der Waals surface area contributed by atoms with Crippen LogP contribution < -0.4 is 10.1 Å². The van der Waals surface area contributed by atoms with E-state index in [1.165, 1.54) is 29.8 Å². The van der Waals surface area contributed by atoms with E-state index in [0.29, 0.717) is 24.6 Å². The molecule has 1 atom stereocenters. The number of methoxy groups -OCH3 is 1. The number of nitrogens with zero attached hydrogens (tertiary/aromatic N) is 1. The quantitative estimate of drug-likeness (QED) is 0.581. The number of piperidine rings is 1. The average Bonchev–Trinajstić information content (AvgIpc) is 3.25. The Labute approximate surface area is 193 Å². The van der Waals surface area contributed by atoms with Crippen LogP contribution in [0.25, 0.3) is 10.9 Å². The van der Waals surface area contributed by atoms with Crippen LogP contribution in [0.15, 0.2) is 48.7 Å². The van der Waals surface area contributed by atoms with Crippen LogP contribution in [-0.2, 0) is 4.79 Å². The largest absolute Gasteiger partial charge is 0.497 e. The SMILES string of the molecule is COc1ccc2[nH]cc(C3CCN(C(=O)C(NC(=O)c4ccc(F)cc4)C(C)C)CC3)c2c1. The minimum atomic E-state index is -0.628. The Morgan fingerprint density at radius 1 is 1.12 bits per heavy atom. The second-order valence-corrected chi connectivity index (χ2v) is 8.96. The van der Waals surface area contributed by atoms with E-state index in [1.807, 2.05) is 30.9 Å². The number of H-pyrrole nitrogens is 1. The highest BCUT2D eigenvalue weighted by Gasteiger charge is 2.32. The van der Waals surface area contributed by atoms with Crippen LogP contribution in [0.4, 0.5) is 4.39 Å². The third-order valence-electron chi connectivity index (χ3n) is 6.49. The molecule has 1 aliphatic heterocycles. The van der Waals surface area contributed by atoms with Gasteiger partial charge in [0.25, 0.3) is 5.91 Å². The number of likely N-dealkylation sites (tertiary alicyclic amines) is 1. The molecule has 7 heteroatoms. The van der Waals surface area contributed by atoms with Gasteiger partial charge < -0.3 is 19.9 Å². The number of carbonyl (C=O) groups excluding carboxylic acids is 2. The summed E-state index contributed by atoms with van der Waals surface area (Å²) >= 11 is 0. The van der Waals surface area contributed by atoms with Gasteiger partial charge in [0.1, 0.15) is 17.6 Å². The standard InChI is InChI=1S/C26H30FN3O3/c1-16(2)24(29-25(31)18-4-6-19(27)7-5-18)26(32)30-12-10-17(11-13-30)22-15-28-23-9-8-20(33-3)14-21(22)23/h4-9,14-17,24,28H,10-13H2,1-3H3,(H,29,31). The number of amides is 2. The first-order valence-electron chi connectivity index (χ1n) is 11.4. The Kier molecular flexibility index (Phi) is 6.67. The van der Waals surface area contributed by atoms with Gasteiger partial charge in [-0.1, -0.05) is 13.8 Å². The molecule has 1 aromatic heterocycles. The van der Waals surface area contributed by atoms with Crippen molar-refractivity contribution in [3.8, 4) is 5.75 Å². The molecule has 1 unspecified atom stereocenters. The maximum Gasteiger partial charge on any atom is 0.251 e. The molecule has 1 saturated heterocycles. The van der Waals surface area contributed by atoms with Crippen molar-refractivity contribution in [1.82, 2.24) is 15.2 Å². The lowest BCUT2D eigenvalue weighted by molar-refractivity contribution is -0.135. The molecule has 2 aromatic carbocycles. The lowest BCUT2D eigenvalue weighted by Crippen LogP contribution is -2.52. The topological polar surface area (TPSA) is 74.4 Å². The fourth-order valence-corrected chi connectivity index (χ4v) is 4.53. The number of carbonyl (C=O) groups is 2. The van der Waals surface area contributed by atoms with E-state index in [2.05, 4.69) is 22.6 Å². The minimum absolute atomic E-state index is 0.0688. The molecule has 2 heterocycles. The molecule has 4 rings (SSSR count). The van der Waals surface area contributed by atoms with Crippen molar-refractivity contribution in [2.45, 2.75) is 38.6 Å². The van der Waals surface area contributed by atoms with E-state index < -0.39 is 11.9 Å². The van der Waals surface area contributed by atoms with Gasteiger partial charge in [0.2, 0.25) is 5.91 Å². The van der Waals surface area contributed by atoms with E-state index in [-0.39, 0.29) is 17.7 Å². The molecular formula is C26H30FN3O3. The maximum atomic E-state index is 13.3. The zero-order chi connectivity index (χ0) is 23.5. The first-order chi connectivity index (χ1) is 15.9. The third kappa shape index (κ3) is 4.87. The van der Waals surface area contributed by atoms with Gasteiger partial charge in [-0.25, -0.2) is 4.39 Å². The summed E-state index contributed by atoms with van der Waals surface area (Å²) in [6, 6.07) is 10.7. The maximum absolute atomic E-state index is 13.3. The van der Waals surface area contributed by atoms with E-state index in [0.717, 1.165) is 29.5 Å². The van der Waals surface area contributed by atoms with Gasteiger partial charge in [0, 0.05) is 35.8 Å². The molecule has 1 aliphatic rings. The van der Waals surface area contributed by atoms with E-state index in [1.54, 1.807) is 7.11 Å². The number of ether oxygens (including phenoxy) is 1.